The first-order chi connectivity index (χ1) is 25.9. The van der Waals surface area contributed by atoms with E-state index >= 15 is 0 Å². The van der Waals surface area contributed by atoms with Crippen molar-refractivity contribution in [3.05, 3.63) is 140 Å². The van der Waals surface area contributed by atoms with Crippen molar-refractivity contribution in [3.63, 3.8) is 0 Å². The van der Waals surface area contributed by atoms with Gasteiger partial charge in [0.15, 0.2) is 27.7 Å². The van der Waals surface area contributed by atoms with Gasteiger partial charge in [-0.2, -0.15) is 10.2 Å². The van der Waals surface area contributed by atoms with E-state index in [2.05, 4.69) is 56.0 Å². The van der Waals surface area contributed by atoms with Gasteiger partial charge in [0.05, 0.1) is 28.3 Å². The summed E-state index contributed by atoms with van der Waals surface area (Å²) in [5, 5.41) is 17.8. The van der Waals surface area contributed by atoms with Gasteiger partial charge in [0.25, 0.3) is 0 Å². The lowest BCUT2D eigenvalue weighted by molar-refractivity contribution is -0.0133. The lowest BCUT2D eigenvalue weighted by atomic mass is 9.79. The Morgan fingerprint density at radius 3 is 1.78 bits per heavy atom. The van der Waals surface area contributed by atoms with Crippen LogP contribution in [0.1, 0.15) is 51.9 Å². The van der Waals surface area contributed by atoms with Gasteiger partial charge >= 0.3 is 0 Å². The van der Waals surface area contributed by atoms with Crippen molar-refractivity contribution < 1.29 is 36.2 Å². The predicted octanol–water partition coefficient (Wildman–Crippen LogP) is 8.30. The highest BCUT2D eigenvalue weighted by atomic mass is 79.9. The van der Waals surface area contributed by atoms with Crippen molar-refractivity contribution >= 4 is 68.1 Å². The summed E-state index contributed by atoms with van der Waals surface area (Å²) in [6, 6.07) is 5.49. The Kier molecular flexibility index (Phi) is 15.1. The third-order valence-electron chi connectivity index (χ3n) is 7.39. The molecule has 2 aromatic carbocycles. The number of nitrogens with zero attached hydrogens (tertiary/aromatic N) is 10. The van der Waals surface area contributed by atoms with Crippen molar-refractivity contribution in [1.29, 1.82) is 0 Å². The van der Waals surface area contributed by atoms with Crippen LogP contribution in [0, 0.1) is 34.9 Å². The molecule has 3 atom stereocenters. The molecule has 12 nitrogen and oxygen atoms in total. The zero-order valence-electron chi connectivity index (χ0n) is 27.8. The van der Waals surface area contributed by atoms with Gasteiger partial charge in [-0.3, -0.25) is 4.79 Å². The van der Waals surface area contributed by atoms with Crippen LogP contribution >= 0.6 is 62.3 Å². The van der Waals surface area contributed by atoms with Gasteiger partial charge < -0.3 is 5.11 Å². The molecule has 3 unspecified atom stereocenters. The van der Waals surface area contributed by atoms with Crippen LogP contribution in [0.25, 0.3) is 0 Å². The maximum absolute atomic E-state index is 14.5. The number of rotatable bonds is 9. The number of ketones is 1. The van der Waals surface area contributed by atoms with Gasteiger partial charge in [-0.1, -0.05) is 52.1 Å². The molecule has 55 heavy (non-hydrogen) atoms. The molecule has 23 heteroatoms. The highest BCUT2D eigenvalue weighted by Crippen LogP contribution is 2.41. The normalized spacial score (nSPS) is 13.1. The maximum atomic E-state index is 14.5. The van der Waals surface area contributed by atoms with E-state index in [0.29, 0.717) is 12.1 Å². The van der Waals surface area contributed by atoms with Gasteiger partial charge in [0.2, 0.25) is 10.6 Å². The van der Waals surface area contributed by atoms with Crippen LogP contribution in [-0.4, -0.2) is 60.4 Å². The van der Waals surface area contributed by atoms with Crippen molar-refractivity contribution in [2.75, 3.05) is 0 Å². The molecule has 0 saturated heterocycles. The first-order valence-corrected chi connectivity index (χ1v) is 17.6. The topological polar surface area (TPSA) is 150 Å². The number of aliphatic hydroxyl groups is 1. The van der Waals surface area contributed by atoms with E-state index in [-0.39, 0.29) is 56.2 Å². The molecule has 1 N–H and O–H groups in total. The number of halogens is 11. The minimum absolute atomic E-state index is 0.0531. The van der Waals surface area contributed by atoms with Crippen LogP contribution in [0.4, 0.5) is 26.3 Å². The highest BCUT2D eigenvalue weighted by Gasteiger charge is 2.42. The van der Waals surface area contributed by atoms with Crippen molar-refractivity contribution in [2.45, 2.75) is 43.3 Å². The molecule has 0 saturated carbocycles. The molecular weight excluding hydrogens is 892 g/mol. The van der Waals surface area contributed by atoms with Gasteiger partial charge in [-0.05, 0) is 48.3 Å². The molecule has 0 amide bonds. The average molecular weight is 915 g/mol. The number of hydrogen-bond donors (Lipinski definition) is 1. The predicted molar refractivity (Wildman–Crippen MR) is 191 cm³/mol. The summed E-state index contributed by atoms with van der Waals surface area (Å²) in [7, 11) is 0. The molecular formula is C32H23BrCl4F6N10O2. The Labute approximate surface area is 335 Å². The minimum Gasteiger partial charge on any atom is -0.382 e. The summed E-state index contributed by atoms with van der Waals surface area (Å²) >= 11 is 25.5. The number of carbonyl (C=O) groups is 1. The van der Waals surface area contributed by atoms with Gasteiger partial charge in [-0.25, -0.2) is 65.6 Å². The van der Waals surface area contributed by atoms with Gasteiger partial charge in [0, 0.05) is 23.6 Å². The highest BCUT2D eigenvalue weighted by molar-refractivity contribution is 9.09. The van der Waals surface area contributed by atoms with Crippen LogP contribution in [0.15, 0.2) is 61.7 Å². The second kappa shape index (κ2) is 19.1. The lowest BCUT2D eigenvalue weighted by Gasteiger charge is -2.34. The van der Waals surface area contributed by atoms with Gasteiger partial charge in [-0.15, -0.1) is 0 Å². The van der Waals surface area contributed by atoms with Crippen molar-refractivity contribution in [3.8, 4) is 0 Å². The Morgan fingerprint density at radius 2 is 1.27 bits per heavy atom. The van der Waals surface area contributed by atoms with E-state index in [4.69, 9.17) is 46.4 Å². The number of hydrogen-bond acceptors (Lipinski definition) is 10. The summed E-state index contributed by atoms with van der Waals surface area (Å²) in [6.45, 7) is 2.67. The molecule has 6 aromatic rings. The van der Waals surface area contributed by atoms with Crippen LogP contribution in [0.5, 0.6) is 0 Å². The Bertz CT molecular complexity index is 2260. The van der Waals surface area contributed by atoms with Gasteiger partial charge in [0.1, 0.15) is 60.7 Å². The zero-order valence-corrected chi connectivity index (χ0v) is 32.4. The summed E-state index contributed by atoms with van der Waals surface area (Å²) in [5.41, 5.74) is -2.69. The minimum atomic E-state index is -2.09. The monoisotopic (exact) mass is 912 g/mol. The quantitative estimate of drug-likeness (QED) is 0.0494. The molecule has 0 aliphatic carbocycles. The fraction of sp³-hybridized carbons (Fsp3) is 0.219. The summed E-state index contributed by atoms with van der Waals surface area (Å²) in [6.07, 6.45) is 5.12. The van der Waals surface area contributed by atoms with E-state index < -0.39 is 57.4 Å². The third-order valence-corrected chi connectivity index (χ3v) is 8.67. The SMILES string of the molecule is CC(Br)c1nc(Cl)nc(Cl)c1F.CC(c1nc(Cl)nc(Cl)c1F)C(O)(Cn1cncn1)c1ccc(F)cc1F.O=C(Cn1cncn1)c1ccc(F)cc1F. The van der Waals surface area contributed by atoms with Crippen LogP contribution < -0.4 is 0 Å². The van der Waals surface area contributed by atoms with E-state index in [9.17, 15) is 36.2 Å². The van der Waals surface area contributed by atoms with Crippen molar-refractivity contribution in [2.24, 2.45) is 0 Å². The fourth-order valence-electron chi connectivity index (χ4n) is 4.71. The fourth-order valence-corrected chi connectivity index (χ4v) is 5.81. The Hall–Kier alpha value is -4.27. The number of alkyl halides is 1. The molecule has 0 aliphatic rings. The third kappa shape index (κ3) is 11.2. The molecule has 4 aromatic heterocycles. The summed E-state index contributed by atoms with van der Waals surface area (Å²) in [5.74, 6) is -6.72. The number of benzene rings is 2. The molecule has 0 bridgehead atoms. The molecule has 0 radical (unpaired) electrons. The summed E-state index contributed by atoms with van der Waals surface area (Å²) < 4.78 is 83.7. The second-order valence-corrected chi connectivity index (χ2v) is 13.9. The average Bonchev–Trinajstić information content (AvgIpc) is 3.83. The number of Topliss-reactive ketones (excluding diaryl/α,β-unsaturated/α-hetero) is 1. The largest absolute Gasteiger partial charge is 0.382 e. The molecule has 0 aliphatic heterocycles. The molecule has 0 spiro atoms. The molecule has 290 valence electrons. The van der Waals surface area contributed by atoms with E-state index in [1.807, 2.05) is 0 Å². The lowest BCUT2D eigenvalue weighted by Crippen LogP contribution is -2.39. The summed E-state index contributed by atoms with van der Waals surface area (Å²) in [4.78, 5) is 33.2. The standard InChI is InChI=1S/C16H12Cl2F3N5O.C10H7F2N3O.C6H4BrCl2FN2/c1-8(13-12(21)14(17)25-15(18)24-13)16(27,5-26-7-22-6-23-26)10-3-2-9(19)4-11(10)20;11-7-1-2-8(9(12)3-7)10(16)4-15-6-13-5-14-15;1-2(7)4-3(10)5(8)12-6(9)11-4/h2-4,6-8,27H,5H2,1H3;1-3,5-6H,4H2;2H,1H3. The van der Waals surface area contributed by atoms with Crippen LogP contribution in [-0.2, 0) is 18.7 Å². The molecule has 0 fully saturated rings. The first-order valence-electron chi connectivity index (χ1n) is 15.1. The van der Waals surface area contributed by atoms with Crippen LogP contribution in [0.2, 0.25) is 20.9 Å². The van der Waals surface area contributed by atoms with E-state index in [1.54, 1.807) is 6.92 Å². The number of aromatic nitrogens is 10. The smallest absolute Gasteiger partial charge is 0.224 e. The Balaban J connectivity index is 0.000000203. The first kappa shape index (κ1) is 43.5. The number of carbonyl (C=O) groups excluding carboxylic acids is 1. The molecule has 4 heterocycles. The Morgan fingerprint density at radius 1 is 0.764 bits per heavy atom. The van der Waals surface area contributed by atoms with E-state index in [0.717, 1.165) is 24.3 Å². The molecule has 6 rings (SSSR count). The zero-order chi connectivity index (χ0) is 40.6. The second-order valence-electron chi connectivity index (χ2n) is 11.1. The van der Waals surface area contributed by atoms with Crippen LogP contribution in [0.3, 0.4) is 0 Å². The maximum Gasteiger partial charge on any atom is 0.224 e. The van der Waals surface area contributed by atoms with Crippen molar-refractivity contribution in [1.82, 2.24) is 49.5 Å². The van der Waals surface area contributed by atoms with E-state index in [1.165, 1.54) is 41.6 Å².